The van der Waals surface area contributed by atoms with Gasteiger partial charge in [0, 0.05) is 12.6 Å². The SMILES string of the molecule is CC1C(=O)NC(C)(C)C(=O)N1C1CCOC(C)(C)C1. The third-order valence-electron chi connectivity index (χ3n) is 4.07. The van der Waals surface area contributed by atoms with E-state index in [1.807, 2.05) is 13.8 Å². The lowest BCUT2D eigenvalue weighted by molar-refractivity contribution is -0.162. The fourth-order valence-corrected chi connectivity index (χ4v) is 3.01. The van der Waals surface area contributed by atoms with E-state index in [1.54, 1.807) is 25.7 Å². The zero-order chi connectivity index (χ0) is 14.4. The Balaban J connectivity index is 2.25. The van der Waals surface area contributed by atoms with Crippen molar-refractivity contribution in [3.8, 4) is 0 Å². The summed E-state index contributed by atoms with van der Waals surface area (Å²) >= 11 is 0. The van der Waals surface area contributed by atoms with Gasteiger partial charge in [0.05, 0.1) is 5.60 Å². The minimum Gasteiger partial charge on any atom is -0.375 e. The largest absolute Gasteiger partial charge is 0.375 e. The van der Waals surface area contributed by atoms with Crippen LogP contribution in [0.5, 0.6) is 0 Å². The minimum atomic E-state index is -0.813. The van der Waals surface area contributed by atoms with E-state index in [9.17, 15) is 9.59 Å². The number of ether oxygens (including phenoxy) is 1. The summed E-state index contributed by atoms with van der Waals surface area (Å²) in [4.78, 5) is 26.4. The number of nitrogens with zero attached hydrogens (tertiary/aromatic N) is 1. The van der Waals surface area contributed by atoms with Crippen LogP contribution >= 0.6 is 0 Å². The highest BCUT2D eigenvalue weighted by molar-refractivity contribution is 5.99. The molecule has 2 unspecified atom stereocenters. The van der Waals surface area contributed by atoms with Gasteiger partial charge in [0.1, 0.15) is 11.6 Å². The predicted octanol–water partition coefficient (Wildman–Crippen LogP) is 1.07. The van der Waals surface area contributed by atoms with Crippen molar-refractivity contribution in [2.75, 3.05) is 6.61 Å². The van der Waals surface area contributed by atoms with E-state index in [0.717, 1.165) is 12.8 Å². The van der Waals surface area contributed by atoms with Crippen LogP contribution in [0, 0.1) is 0 Å². The molecule has 0 spiro atoms. The van der Waals surface area contributed by atoms with E-state index >= 15 is 0 Å². The molecule has 2 fully saturated rings. The van der Waals surface area contributed by atoms with Gasteiger partial charge in [0.25, 0.3) is 0 Å². The maximum Gasteiger partial charge on any atom is 0.248 e. The number of hydrogen-bond acceptors (Lipinski definition) is 3. The van der Waals surface area contributed by atoms with Gasteiger partial charge in [-0.1, -0.05) is 0 Å². The third kappa shape index (κ3) is 2.61. The van der Waals surface area contributed by atoms with Gasteiger partial charge >= 0.3 is 0 Å². The lowest BCUT2D eigenvalue weighted by atomic mass is 9.88. The van der Waals surface area contributed by atoms with Gasteiger partial charge in [-0.3, -0.25) is 9.59 Å². The molecule has 19 heavy (non-hydrogen) atoms. The molecule has 5 heteroatoms. The zero-order valence-corrected chi connectivity index (χ0v) is 12.4. The number of amides is 2. The Morgan fingerprint density at radius 1 is 1.26 bits per heavy atom. The summed E-state index contributed by atoms with van der Waals surface area (Å²) in [6.07, 6.45) is 1.56. The minimum absolute atomic E-state index is 0.00213. The highest BCUT2D eigenvalue weighted by atomic mass is 16.5. The molecule has 2 aliphatic rings. The second kappa shape index (κ2) is 4.47. The van der Waals surface area contributed by atoms with Gasteiger partial charge in [-0.05, 0) is 47.5 Å². The Hall–Kier alpha value is -1.10. The normalized spacial score (nSPS) is 34.1. The molecular weight excluding hydrogens is 244 g/mol. The van der Waals surface area contributed by atoms with Crippen LogP contribution in [0.25, 0.3) is 0 Å². The number of carbonyl (C=O) groups is 2. The van der Waals surface area contributed by atoms with Crippen molar-refractivity contribution in [1.29, 1.82) is 0 Å². The molecule has 0 aromatic carbocycles. The average Bonchev–Trinajstić information content (AvgIpc) is 2.25. The van der Waals surface area contributed by atoms with Gasteiger partial charge in [0.15, 0.2) is 0 Å². The monoisotopic (exact) mass is 268 g/mol. The molecule has 2 heterocycles. The van der Waals surface area contributed by atoms with Crippen LogP contribution < -0.4 is 5.32 Å². The first kappa shape index (κ1) is 14.3. The van der Waals surface area contributed by atoms with Crippen LogP contribution in [0.15, 0.2) is 0 Å². The molecule has 1 N–H and O–H groups in total. The van der Waals surface area contributed by atoms with E-state index in [0.29, 0.717) is 6.61 Å². The Morgan fingerprint density at radius 2 is 1.89 bits per heavy atom. The molecule has 5 nitrogen and oxygen atoms in total. The molecule has 0 saturated carbocycles. The highest BCUT2D eigenvalue weighted by Gasteiger charge is 2.47. The maximum absolute atomic E-state index is 12.6. The van der Waals surface area contributed by atoms with Crippen LogP contribution in [-0.4, -0.2) is 46.5 Å². The standard InChI is InChI=1S/C14H24N2O3/c1-9-11(17)15-14(4,5)12(18)16(9)10-6-7-19-13(2,3)8-10/h9-10H,6-8H2,1-5H3,(H,15,17). The molecule has 2 atom stereocenters. The fourth-order valence-electron chi connectivity index (χ4n) is 3.01. The molecule has 0 radical (unpaired) electrons. The van der Waals surface area contributed by atoms with E-state index < -0.39 is 11.6 Å². The predicted molar refractivity (Wildman–Crippen MR) is 71.6 cm³/mol. The number of piperazine rings is 1. The summed E-state index contributed by atoms with van der Waals surface area (Å²) in [5.74, 6) is -0.0730. The zero-order valence-electron chi connectivity index (χ0n) is 12.4. The summed E-state index contributed by atoms with van der Waals surface area (Å²) < 4.78 is 5.70. The van der Waals surface area contributed by atoms with Crippen molar-refractivity contribution >= 4 is 11.8 Å². The molecule has 108 valence electrons. The molecule has 0 aromatic heterocycles. The van der Waals surface area contributed by atoms with Crippen LogP contribution in [0.1, 0.15) is 47.5 Å². The van der Waals surface area contributed by atoms with Crippen LogP contribution in [0.4, 0.5) is 0 Å². The number of hydrogen-bond donors (Lipinski definition) is 1. The first-order chi connectivity index (χ1) is 8.64. The van der Waals surface area contributed by atoms with Crippen molar-refractivity contribution in [3.63, 3.8) is 0 Å². The lowest BCUT2D eigenvalue weighted by Crippen LogP contribution is -2.70. The van der Waals surface area contributed by atoms with Crippen molar-refractivity contribution in [3.05, 3.63) is 0 Å². The van der Waals surface area contributed by atoms with Crippen molar-refractivity contribution in [2.24, 2.45) is 0 Å². The van der Waals surface area contributed by atoms with Crippen molar-refractivity contribution in [2.45, 2.75) is 70.7 Å². The molecule has 0 bridgehead atoms. The van der Waals surface area contributed by atoms with Crippen molar-refractivity contribution < 1.29 is 14.3 Å². The van der Waals surface area contributed by atoms with E-state index in [2.05, 4.69) is 5.32 Å². The highest BCUT2D eigenvalue weighted by Crippen LogP contribution is 2.31. The second-order valence-corrected chi connectivity index (χ2v) is 6.76. The Morgan fingerprint density at radius 3 is 2.47 bits per heavy atom. The topological polar surface area (TPSA) is 58.6 Å². The number of nitrogens with one attached hydrogen (secondary N) is 1. The quantitative estimate of drug-likeness (QED) is 0.774. The van der Waals surface area contributed by atoms with Crippen LogP contribution in [0.2, 0.25) is 0 Å². The van der Waals surface area contributed by atoms with Gasteiger partial charge in [0.2, 0.25) is 11.8 Å². The van der Waals surface area contributed by atoms with Gasteiger partial charge < -0.3 is 15.0 Å². The van der Waals surface area contributed by atoms with Crippen LogP contribution in [0.3, 0.4) is 0 Å². The van der Waals surface area contributed by atoms with Gasteiger partial charge in [-0.15, -0.1) is 0 Å². The van der Waals surface area contributed by atoms with E-state index in [-0.39, 0.29) is 23.5 Å². The third-order valence-corrected chi connectivity index (χ3v) is 4.07. The van der Waals surface area contributed by atoms with E-state index in [1.165, 1.54) is 0 Å². The smallest absolute Gasteiger partial charge is 0.248 e. The summed E-state index contributed by atoms with van der Waals surface area (Å²) in [5.41, 5.74) is -1.05. The molecular formula is C14H24N2O3. The molecule has 0 aromatic rings. The second-order valence-electron chi connectivity index (χ2n) is 6.76. The molecule has 2 amide bonds. The summed E-state index contributed by atoms with van der Waals surface area (Å²) in [5, 5.41) is 2.78. The molecule has 0 aliphatic carbocycles. The van der Waals surface area contributed by atoms with Gasteiger partial charge in [-0.2, -0.15) is 0 Å². The molecule has 2 saturated heterocycles. The Bertz CT molecular complexity index is 403. The average molecular weight is 268 g/mol. The molecule has 2 rings (SSSR count). The first-order valence-corrected chi connectivity index (χ1v) is 6.93. The van der Waals surface area contributed by atoms with Crippen LogP contribution in [-0.2, 0) is 14.3 Å². The van der Waals surface area contributed by atoms with Crippen molar-refractivity contribution in [1.82, 2.24) is 10.2 Å². The number of carbonyl (C=O) groups excluding carboxylic acids is 2. The summed E-state index contributed by atoms with van der Waals surface area (Å²) in [6, 6.07) is -0.323. The molecule has 2 aliphatic heterocycles. The Kier molecular flexibility index (Phi) is 3.37. The summed E-state index contributed by atoms with van der Waals surface area (Å²) in [7, 11) is 0. The number of rotatable bonds is 1. The van der Waals surface area contributed by atoms with Gasteiger partial charge in [-0.25, -0.2) is 0 Å². The Labute approximate surface area is 114 Å². The summed E-state index contributed by atoms with van der Waals surface area (Å²) in [6.45, 7) is 10.0. The first-order valence-electron chi connectivity index (χ1n) is 6.93. The fraction of sp³-hybridized carbons (Fsp3) is 0.857. The maximum atomic E-state index is 12.6. The lowest BCUT2D eigenvalue weighted by Gasteiger charge is -2.48. The van der Waals surface area contributed by atoms with E-state index in [4.69, 9.17) is 4.74 Å².